The van der Waals surface area contributed by atoms with Crippen LogP contribution < -0.4 is 9.47 Å². The van der Waals surface area contributed by atoms with Crippen LogP contribution in [0.4, 0.5) is 0 Å². The van der Waals surface area contributed by atoms with E-state index in [0.29, 0.717) is 44.1 Å². The van der Waals surface area contributed by atoms with Crippen molar-refractivity contribution in [3.8, 4) is 11.5 Å². The summed E-state index contributed by atoms with van der Waals surface area (Å²) in [6.45, 7) is 7.93. The predicted molar refractivity (Wildman–Crippen MR) is 138 cm³/mol. The van der Waals surface area contributed by atoms with Crippen molar-refractivity contribution in [2.24, 2.45) is 5.92 Å². The smallest absolute Gasteiger partial charge is 0.308 e. The predicted octanol–water partition coefficient (Wildman–Crippen LogP) is 3.86. The molecule has 2 fully saturated rings. The highest BCUT2D eigenvalue weighted by Gasteiger charge is 2.47. The van der Waals surface area contributed by atoms with Crippen molar-refractivity contribution >= 4 is 11.9 Å². The Morgan fingerprint density at radius 2 is 1.73 bits per heavy atom. The van der Waals surface area contributed by atoms with E-state index in [0.717, 1.165) is 50.8 Å². The molecular weight excluding hydrogens is 476 g/mol. The van der Waals surface area contributed by atoms with Crippen molar-refractivity contribution in [1.82, 2.24) is 9.80 Å². The summed E-state index contributed by atoms with van der Waals surface area (Å²) in [7, 11) is 0. The van der Waals surface area contributed by atoms with Gasteiger partial charge in [0.2, 0.25) is 12.7 Å². The van der Waals surface area contributed by atoms with Crippen molar-refractivity contribution in [2.75, 3.05) is 46.2 Å². The lowest BCUT2D eigenvalue weighted by molar-refractivity contribution is -0.183. The number of amides is 1. The van der Waals surface area contributed by atoms with Crippen molar-refractivity contribution in [1.29, 1.82) is 0 Å². The fraction of sp³-hybridized carbons (Fsp3) is 0.714. The molecule has 206 valence electrons. The highest BCUT2D eigenvalue weighted by Crippen LogP contribution is 2.43. The van der Waals surface area contributed by atoms with Gasteiger partial charge in [-0.05, 0) is 49.8 Å². The molecule has 1 N–H and O–H groups in total. The zero-order valence-corrected chi connectivity index (χ0v) is 22.2. The molecule has 3 aliphatic heterocycles. The summed E-state index contributed by atoms with van der Waals surface area (Å²) in [6.07, 6.45) is 5.71. The molecule has 1 aromatic rings. The van der Waals surface area contributed by atoms with Gasteiger partial charge >= 0.3 is 5.97 Å². The standard InChI is InChI=1S/C28H42N2O7/c1-3-5-12-29(13-6-4-2)25(31)18-30-17-21(20-8-10-23-24(16-20)37-19-36-23)27(28(32)33)22(30)9-11-26-34-14-7-15-35-26/h8,10,16,21-22,26-27H,3-7,9,11-15,17-19H2,1-2H3,(H,32,33)/t21-,22+,27-/m0/s1. The number of carbonyl (C=O) groups is 2. The van der Waals surface area contributed by atoms with Crippen LogP contribution in [0.15, 0.2) is 18.2 Å². The van der Waals surface area contributed by atoms with Crippen molar-refractivity contribution in [3.05, 3.63) is 23.8 Å². The minimum atomic E-state index is -0.845. The third kappa shape index (κ3) is 6.94. The summed E-state index contributed by atoms with van der Waals surface area (Å²) in [5.74, 6) is -0.378. The lowest BCUT2D eigenvalue weighted by Crippen LogP contribution is -2.45. The summed E-state index contributed by atoms with van der Waals surface area (Å²) in [4.78, 5) is 30.2. The Bertz CT molecular complexity index is 897. The van der Waals surface area contributed by atoms with E-state index >= 15 is 0 Å². The number of benzene rings is 1. The number of carboxylic acid groups (broad SMARTS) is 1. The van der Waals surface area contributed by atoms with Gasteiger partial charge in [-0.25, -0.2) is 0 Å². The molecule has 3 heterocycles. The van der Waals surface area contributed by atoms with Crippen LogP contribution in [0.25, 0.3) is 0 Å². The molecule has 1 aromatic carbocycles. The summed E-state index contributed by atoms with van der Waals surface area (Å²) < 4.78 is 22.5. The summed E-state index contributed by atoms with van der Waals surface area (Å²) in [5, 5.41) is 10.4. The second-order valence-corrected chi connectivity index (χ2v) is 10.3. The first-order valence-electron chi connectivity index (χ1n) is 13.9. The number of carboxylic acids is 1. The van der Waals surface area contributed by atoms with Crippen molar-refractivity contribution in [3.63, 3.8) is 0 Å². The number of fused-ring (bicyclic) bond motifs is 1. The van der Waals surface area contributed by atoms with Gasteiger partial charge in [0.05, 0.1) is 25.7 Å². The quantitative estimate of drug-likeness (QED) is 0.421. The van der Waals surface area contributed by atoms with Crippen LogP contribution in [0, 0.1) is 5.92 Å². The minimum absolute atomic E-state index is 0.0764. The van der Waals surface area contributed by atoms with Gasteiger partial charge in [0.1, 0.15) is 0 Å². The highest BCUT2D eigenvalue weighted by molar-refractivity contribution is 5.79. The third-order valence-electron chi connectivity index (χ3n) is 7.71. The summed E-state index contributed by atoms with van der Waals surface area (Å²) in [5.41, 5.74) is 0.899. The van der Waals surface area contributed by atoms with E-state index in [1.807, 2.05) is 23.1 Å². The maximum Gasteiger partial charge on any atom is 0.308 e. The van der Waals surface area contributed by atoms with Gasteiger partial charge < -0.3 is 29.0 Å². The molecule has 4 rings (SSSR count). The Morgan fingerprint density at radius 1 is 1.03 bits per heavy atom. The lowest BCUT2D eigenvalue weighted by atomic mass is 9.83. The topological polar surface area (TPSA) is 97.8 Å². The molecular formula is C28H42N2O7. The first-order chi connectivity index (χ1) is 18.0. The summed E-state index contributed by atoms with van der Waals surface area (Å²) in [6, 6.07) is 5.37. The second kappa shape index (κ2) is 13.4. The molecule has 9 heteroatoms. The van der Waals surface area contributed by atoms with Gasteiger partial charge in [-0.1, -0.05) is 32.8 Å². The monoisotopic (exact) mass is 518 g/mol. The summed E-state index contributed by atoms with van der Waals surface area (Å²) >= 11 is 0. The number of nitrogens with zero attached hydrogens (tertiary/aromatic N) is 2. The number of rotatable bonds is 13. The first-order valence-corrected chi connectivity index (χ1v) is 13.9. The molecule has 1 amide bonds. The van der Waals surface area contributed by atoms with E-state index in [1.165, 1.54) is 0 Å². The number of likely N-dealkylation sites (tertiary alicyclic amines) is 1. The zero-order valence-electron chi connectivity index (χ0n) is 22.2. The second-order valence-electron chi connectivity index (χ2n) is 10.3. The van der Waals surface area contributed by atoms with Gasteiger partial charge in [-0.2, -0.15) is 0 Å². The molecule has 3 aliphatic rings. The Kier molecular flexibility index (Phi) is 10.1. The molecule has 3 atom stereocenters. The number of hydrogen-bond acceptors (Lipinski definition) is 7. The third-order valence-corrected chi connectivity index (χ3v) is 7.71. The van der Waals surface area contributed by atoms with E-state index in [1.54, 1.807) is 0 Å². The molecule has 2 saturated heterocycles. The SMILES string of the molecule is CCCCN(CCCC)C(=O)CN1C[C@@H](c2ccc3c(c2)OCO3)[C@H](C(=O)O)[C@H]1CCC1OCCCO1. The van der Waals surface area contributed by atoms with E-state index in [-0.39, 0.29) is 37.5 Å². The largest absolute Gasteiger partial charge is 0.481 e. The van der Waals surface area contributed by atoms with Crippen LogP contribution in [0.3, 0.4) is 0 Å². The first kappa shape index (κ1) is 27.7. The number of unbranched alkanes of at least 4 members (excludes halogenated alkanes) is 2. The number of carbonyl (C=O) groups excluding carboxylic acids is 1. The van der Waals surface area contributed by atoms with Crippen LogP contribution in [0.2, 0.25) is 0 Å². The molecule has 0 aliphatic carbocycles. The van der Waals surface area contributed by atoms with Crippen LogP contribution in [-0.4, -0.2) is 85.3 Å². The Hall–Kier alpha value is -2.36. The normalized spacial score (nSPS) is 23.9. The fourth-order valence-electron chi connectivity index (χ4n) is 5.68. The minimum Gasteiger partial charge on any atom is -0.481 e. The maximum absolute atomic E-state index is 13.5. The molecule has 0 radical (unpaired) electrons. The van der Waals surface area contributed by atoms with Gasteiger partial charge in [-0.15, -0.1) is 0 Å². The van der Waals surface area contributed by atoms with Gasteiger partial charge in [-0.3, -0.25) is 14.5 Å². The maximum atomic E-state index is 13.5. The van der Waals surface area contributed by atoms with E-state index in [2.05, 4.69) is 18.7 Å². The molecule has 0 bridgehead atoms. The van der Waals surface area contributed by atoms with E-state index in [9.17, 15) is 14.7 Å². The number of hydrogen-bond donors (Lipinski definition) is 1. The van der Waals surface area contributed by atoms with Crippen molar-refractivity contribution in [2.45, 2.75) is 77.0 Å². The molecule has 37 heavy (non-hydrogen) atoms. The molecule has 0 saturated carbocycles. The van der Waals surface area contributed by atoms with E-state index in [4.69, 9.17) is 18.9 Å². The number of ether oxygens (including phenoxy) is 4. The Labute approximate surface area is 220 Å². The zero-order chi connectivity index (χ0) is 26.2. The van der Waals surface area contributed by atoms with E-state index < -0.39 is 11.9 Å². The average molecular weight is 519 g/mol. The molecule has 0 spiro atoms. The van der Waals surface area contributed by atoms with Gasteiger partial charge in [0.15, 0.2) is 17.8 Å². The molecule has 0 aromatic heterocycles. The average Bonchev–Trinajstić information content (AvgIpc) is 3.52. The lowest BCUT2D eigenvalue weighted by Gasteiger charge is -2.31. The molecule has 0 unspecified atom stereocenters. The van der Waals surface area contributed by atoms with Crippen LogP contribution in [-0.2, 0) is 19.1 Å². The fourth-order valence-corrected chi connectivity index (χ4v) is 5.68. The van der Waals surface area contributed by atoms with Crippen LogP contribution >= 0.6 is 0 Å². The Balaban J connectivity index is 1.55. The Morgan fingerprint density at radius 3 is 2.41 bits per heavy atom. The number of aliphatic carboxylic acids is 1. The van der Waals surface area contributed by atoms with Crippen LogP contribution in [0.1, 0.15) is 70.3 Å². The highest BCUT2D eigenvalue weighted by atomic mass is 16.7. The molecule has 9 nitrogen and oxygen atoms in total. The van der Waals surface area contributed by atoms with Gasteiger partial charge in [0.25, 0.3) is 0 Å². The van der Waals surface area contributed by atoms with Crippen molar-refractivity contribution < 1.29 is 33.6 Å². The van der Waals surface area contributed by atoms with Crippen LogP contribution in [0.5, 0.6) is 11.5 Å². The van der Waals surface area contributed by atoms with Gasteiger partial charge in [0, 0.05) is 31.6 Å².